The minimum absolute atomic E-state index is 0.0319. The molecule has 0 amide bonds. The van der Waals surface area contributed by atoms with Gasteiger partial charge in [0, 0.05) is 18.4 Å². The summed E-state index contributed by atoms with van der Waals surface area (Å²) < 4.78 is 4.61. The van der Waals surface area contributed by atoms with E-state index in [0.717, 1.165) is 0 Å². The van der Waals surface area contributed by atoms with Crippen molar-refractivity contribution >= 4 is 11.9 Å². The summed E-state index contributed by atoms with van der Waals surface area (Å²) in [6, 6.07) is 0. The van der Waals surface area contributed by atoms with Crippen molar-refractivity contribution < 1.29 is 39.9 Å². The Labute approximate surface area is 129 Å². The number of aliphatic carboxylic acids is 1. The number of carboxylic acids is 1. The first-order valence-electron chi connectivity index (χ1n) is 6.93. The highest BCUT2D eigenvalue weighted by atomic mass is 16.5. The van der Waals surface area contributed by atoms with Gasteiger partial charge in [0.25, 0.3) is 0 Å². The molecule has 0 aromatic heterocycles. The summed E-state index contributed by atoms with van der Waals surface area (Å²) in [6.45, 7) is 1.08. The Balaban J connectivity index is 0. The smallest absolute Gasteiger partial charge is 0.319 e. The molecule has 0 saturated heterocycles. The maximum absolute atomic E-state index is 10.7. The van der Waals surface area contributed by atoms with Gasteiger partial charge in [0.2, 0.25) is 0 Å². The Morgan fingerprint density at radius 3 is 1.91 bits per heavy atom. The summed E-state index contributed by atoms with van der Waals surface area (Å²) in [7, 11) is 0. The molecule has 0 spiro atoms. The van der Waals surface area contributed by atoms with Crippen molar-refractivity contribution in [2.45, 2.75) is 19.8 Å². The molecule has 0 aliphatic heterocycles. The monoisotopic (exact) mass is 325 g/mol. The number of ether oxygens (including phenoxy) is 1. The van der Waals surface area contributed by atoms with Crippen LogP contribution in [0, 0.1) is 5.41 Å². The molecule has 0 fully saturated rings. The summed E-state index contributed by atoms with van der Waals surface area (Å²) in [5.74, 6) is -1.54. The van der Waals surface area contributed by atoms with Gasteiger partial charge in [-0.2, -0.15) is 0 Å². The third kappa shape index (κ3) is 12.5. The zero-order chi connectivity index (χ0) is 17.4. The van der Waals surface area contributed by atoms with Gasteiger partial charge in [-0.3, -0.25) is 14.9 Å². The quantitative estimate of drug-likeness (QED) is 0.186. The van der Waals surface area contributed by atoms with Crippen LogP contribution >= 0.6 is 0 Å². The van der Waals surface area contributed by atoms with Crippen LogP contribution in [0.15, 0.2) is 0 Å². The Morgan fingerprint density at radius 2 is 1.59 bits per heavy atom. The first-order valence-corrected chi connectivity index (χ1v) is 6.93. The van der Waals surface area contributed by atoms with Crippen molar-refractivity contribution in [3.05, 3.63) is 0 Å². The van der Waals surface area contributed by atoms with Crippen LogP contribution < -0.4 is 5.32 Å². The predicted octanol–water partition coefficient (Wildman–Crippen LogP) is -2.05. The molecule has 6 N–H and O–H groups in total. The van der Waals surface area contributed by atoms with Gasteiger partial charge >= 0.3 is 11.9 Å². The van der Waals surface area contributed by atoms with Crippen LogP contribution in [0.3, 0.4) is 0 Å². The van der Waals surface area contributed by atoms with Gasteiger partial charge in [0.1, 0.15) is 0 Å². The number of aliphatic hydroxyl groups is 4. The van der Waals surface area contributed by atoms with E-state index in [4.69, 9.17) is 25.5 Å². The number of carbonyl (C=O) groups is 2. The molecule has 0 saturated carbocycles. The maximum atomic E-state index is 10.7. The van der Waals surface area contributed by atoms with E-state index in [9.17, 15) is 9.59 Å². The fourth-order valence-corrected chi connectivity index (χ4v) is 1.06. The van der Waals surface area contributed by atoms with E-state index < -0.39 is 17.4 Å². The molecule has 0 unspecified atom stereocenters. The maximum Gasteiger partial charge on any atom is 0.319 e. The van der Waals surface area contributed by atoms with Crippen molar-refractivity contribution in [1.82, 2.24) is 5.32 Å². The molecule has 9 nitrogen and oxygen atoms in total. The van der Waals surface area contributed by atoms with E-state index in [-0.39, 0.29) is 46.1 Å². The van der Waals surface area contributed by atoms with Crippen LogP contribution in [0.5, 0.6) is 0 Å². The average molecular weight is 325 g/mol. The van der Waals surface area contributed by atoms with Gasteiger partial charge in [-0.25, -0.2) is 0 Å². The molecule has 0 aromatic carbocycles. The van der Waals surface area contributed by atoms with Crippen LogP contribution in [0.1, 0.15) is 19.8 Å². The molecule has 0 aliphatic carbocycles. The third-order valence-corrected chi connectivity index (χ3v) is 2.87. The summed E-state index contributed by atoms with van der Waals surface area (Å²) in [4.78, 5) is 20.7. The minimum Gasteiger partial charge on any atom is -0.480 e. The minimum atomic E-state index is -1.02. The number of hydrogen-bond donors (Lipinski definition) is 6. The van der Waals surface area contributed by atoms with Crippen molar-refractivity contribution in [2.75, 3.05) is 46.1 Å². The molecular weight excluding hydrogens is 298 g/mol. The molecule has 0 atom stereocenters. The number of carboxylic acid groups (broad SMARTS) is 1. The van der Waals surface area contributed by atoms with E-state index in [1.54, 1.807) is 0 Å². The van der Waals surface area contributed by atoms with Gasteiger partial charge in [0.15, 0.2) is 0 Å². The van der Waals surface area contributed by atoms with Crippen LogP contribution in [0.4, 0.5) is 0 Å². The summed E-state index contributed by atoms with van der Waals surface area (Å²) >= 11 is 0. The fraction of sp³-hybridized carbons (Fsp3) is 0.846. The lowest BCUT2D eigenvalue weighted by molar-refractivity contribution is -0.143. The van der Waals surface area contributed by atoms with E-state index in [2.05, 4.69) is 10.1 Å². The zero-order valence-corrected chi connectivity index (χ0v) is 12.8. The first-order chi connectivity index (χ1) is 10.4. The fourth-order valence-electron chi connectivity index (χ4n) is 1.06. The molecule has 0 radical (unpaired) electrons. The van der Waals surface area contributed by atoms with E-state index in [1.165, 1.54) is 0 Å². The van der Waals surface area contributed by atoms with Gasteiger partial charge in [-0.15, -0.1) is 0 Å². The predicted molar refractivity (Wildman–Crippen MR) is 77.1 cm³/mol. The topological polar surface area (TPSA) is 157 Å². The summed E-state index contributed by atoms with van der Waals surface area (Å²) in [6.07, 6.45) is 0.987. The molecule has 9 heteroatoms. The lowest BCUT2D eigenvalue weighted by atomic mass is 9.88. The number of esters is 1. The SMILES string of the molecule is CCC(CO)(CO)CO.O=C(O)CNCC(=O)OCCCO. The zero-order valence-electron chi connectivity index (χ0n) is 12.8. The van der Waals surface area contributed by atoms with Crippen LogP contribution in [0.25, 0.3) is 0 Å². The van der Waals surface area contributed by atoms with Crippen LogP contribution in [-0.4, -0.2) is 83.6 Å². The molecule has 0 bridgehead atoms. The van der Waals surface area contributed by atoms with Gasteiger partial charge in [-0.1, -0.05) is 6.92 Å². The molecule has 0 aromatic rings. The Hall–Kier alpha value is -1.26. The van der Waals surface area contributed by atoms with Crippen molar-refractivity contribution in [3.8, 4) is 0 Å². The second-order valence-corrected chi connectivity index (χ2v) is 4.62. The number of hydrogen-bond acceptors (Lipinski definition) is 8. The van der Waals surface area contributed by atoms with E-state index in [1.807, 2.05) is 6.92 Å². The Kier molecular flexibility index (Phi) is 15.3. The molecule has 0 aliphatic rings. The molecular formula is C13H27NO8. The second-order valence-electron chi connectivity index (χ2n) is 4.62. The normalized spacial score (nSPS) is 10.6. The largest absolute Gasteiger partial charge is 0.480 e. The average Bonchev–Trinajstić information content (AvgIpc) is 2.51. The van der Waals surface area contributed by atoms with Crippen molar-refractivity contribution in [1.29, 1.82) is 0 Å². The molecule has 22 heavy (non-hydrogen) atoms. The standard InChI is InChI=1S/C7H13NO5.C6H14O3/c9-2-1-3-13-7(12)5-8-4-6(10)11;1-2-6(3-7,4-8)5-9/h8-9H,1-5H2,(H,10,11);7-9H,2-5H2,1H3. The van der Waals surface area contributed by atoms with Gasteiger partial charge in [-0.05, 0) is 6.42 Å². The molecule has 0 rings (SSSR count). The third-order valence-electron chi connectivity index (χ3n) is 2.87. The summed E-state index contributed by atoms with van der Waals surface area (Å²) in [5.41, 5.74) is -0.667. The second kappa shape index (κ2) is 14.7. The van der Waals surface area contributed by atoms with Crippen LogP contribution in [0.2, 0.25) is 0 Å². The van der Waals surface area contributed by atoms with E-state index >= 15 is 0 Å². The Morgan fingerprint density at radius 1 is 1.05 bits per heavy atom. The lowest BCUT2D eigenvalue weighted by Gasteiger charge is -2.24. The summed E-state index contributed by atoms with van der Waals surface area (Å²) in [5, 5.41) is 44.9. The highest BCUT2D eigenvalue weighted by molar-refractivity contribution is 5.73. The number of rotatable bonds is 11. The Bertz CT molecular complexity index is 276. The van der Waals surface area contributed by atoms with Gasteiger partial charge in [0.05, 0.1) is 39.5 Å². The highest BCUT2D eigenvalue weighted by Crippen LogP contribution is 2.18. The first kappa shape index (κ1) is 23.0. The highest BCUT2D eigenvalue weighted by Gasteiger charge is 2.24. The molecule has 0 heterocycles. The number of nitrogens with one attached hydrogen (secondary N) is 1. The van der Waals surface area contributed by atoms with E-state index in [0.29, 0.717) is 12.8 Å². The van der Waals surface area contributed by atoms with Crippen molar-refractivity contribution in [3.63, 3.8) is 0 Å². The lowest BCUT2D eigenvalue weighted by Crippen LogP contribution is -2.32. The van der Waals surface area contributed by atoms with Gasteiger partial charge < -0.3 is 30.3 Å². The molecule has 132 valence electrons. The van der Waals surface area contributed by atoms with Crippen LogP contribution in [-0.2, 0) is 14.3 Å². The number of carbonyl (C=O) groups excluding carboxylic acids is 1. The van der Waals surface area contributed by atoms with Crippen molar-refractivity contribution in [2.24, 2.45) is 5.41 Å². The number of aliphatic hydroxyl groups excluding tert-OH is 4.